The van der Waals surface area contributed by atoms with E-state index in [-0.39, 0.29) is 5.91 Å². The molecule has 1 atom stereocenters. The summed E-state index contributed by atoms with van der Waals surface area (Å²) in [6.45, 7) is 5.31. The van der Waals surface area contributed by atoms with Gasteiger partial charge in [-0.3, -0.25) is 10.1 Å². The standard InChI is InChI=1S/C9H14N2O3/c1-5-6(2)11-14-9(5)10-8(12)7(3)13-4/h7H,1-4H3,(H,10,12). The maximum atomic E-state index is 11.4. The van der Waals surface area contributed by atoms with Gasteiger partial charge >= 0.3 is 0 Å². The average Bonchev–Trinajstić information content (AvgIpc) is 2.48. The van der Waals surface area contributed by atoms with E-state index in [9.17, 15) is 4.79 Å². The summed E-state index contributed by atoms with van der Waals surface area (Å²) >= 11 is 0. The lowest BCUT2D eigenvalue weighted by molar-refractivity contribution is -0.124. The number of aryl methyl sites for hydroxylation is 1. The van der Waals surface area contributed by atoms with Crippen LogP contribution in [-0.2, 0) is 9.53 Å². The Kier molecular flexibility index (Phi) is 3.24. The first-order chi connectivity index (χ1) is 6.56. The molecule has 0 aliphatic heterocycles. The highest BCUT2D eigenvalue weighted by Gasteiger charge is 2.16. The van der Waals surface area contributed by atoms with Crippen molar-refractivity contribution in [2.45, 2.75) is 26.9 Å². The predicted octanol–water partition coefficient (Wildman–Crippen LogP) is 1.26. The minimum absolute atomic E-state index is 0.244. The van der Waals surface area contributed by atoms with Gasteiger partial charge in [0.05, 0.1) is 5.69 Å². The number of hydrogen-bond donors (Lipinski definition) is 1. The van der Waals surface area contributed by atoms with E-state index in [1.54, 1.807) is 6.92 Å². The lowest BCUT2D eigenvalue weighted by atomic mass is 10.3. The van der Waals surface area contributed by atoms with Crippen LogP contribution < -0.4 is 5.32 Å². The number of amides is 1. The van der Waals surface area contributed by atoms with Crippen LogP contribution in [0.15, 0.2) is 4.52 Å². The van der Waals surface area contributed by atoms with Gasteiger partial charge in [0, 0.05) is 12.7 Å². The third kappa shape index (κ3) is 2.11. The molecule has 0 aromatic carbocycles. The number of nitrogens with zero attached hydrogens (tertiary/aromatic N) is 1. The Bertz CT molecular complexity index is 333. The summed E-state index contributed by atoms with van der Waals surface area (Å²) in [5.74, 6) is 0.142. The summed E-state index contributed by atoms with van der Waals surface area (Å²) < 4.78 is 9.78. The van der Waals surface area contributed by atoms with E-state index >= 15 is 0 Å². The van der Waals surface area contributed by atoms with Gasteiger partial charge in [-0.15, -0.1) is 0 Å². The molecule has 14 heavy (non-hydrogen) atoms. The third-order valence-electron chi connectivity index (χ3n) is 2.12. The number of rotatable bonds is 3. The molecule has 1 aromatic rings. The van der Waals surface area contributed by atoms with Crippen molar-refractivity contribution in [2.75, 3.05) is 12.4 Å². The summed E-state index contributed by atoms with van der Waals surface area (Å²) in [6, 6.07) is 0. The highest BCUT2D eigenvalue weighted by Crippen LogP contribution is 2.17. The van der Waals surface area contributed by atoms with Crippen LogP contribution in [0.2, 0.25) is 0 Å². The second-order valence-electron chi connectivity index (χ2n) is 3.09. The molecule has 1 N–H and O–H groups in total. The highest BCUT2D eigenvalue weighted by molar-refractivity contribution is 5.93. The topological polar surface area (TPSA) is 64.4 Å². The summed E-state index contributed by atoms with van der Waals surface area (Å²) in [5, 5.41) is 6.31. The van der Waals surface area contributed by atoms with Crippen molar-refractivity contribution in [1.29, 1.82) is 0 Å². The number of nitrogens with one attached hydrogen (secondary N) is 1. The van der Waals surface area contributed by atoms with Gasteiger partial charge < -0.3 is 9.26 Å². The number of methoxy groups -OCH3 is 1. The normalized spacial score (nSPS) is 12.6. The molecule has 1 rings (SSSR count). The van der Waals surface area contributed by atoms with Crippen LogP contribution in [0.25, 0.3) is 0 Å². The van der Waals surface area contributed by atoms with Gasteiger partial charge in [0.2, 0.25) is 5.88 Å². The second-order valence-corrected chi connectivity index (χ2v) is 3.09. The highest BCUT2D eigenvalue weighted by atomic mass is 16.5. The molecule has 1 aromatic heterocycles. The molecule has 0 radical (unpaired) electrons. The quantitative estimate of drug-likeness (QED) is 0.794. The Balaban J connectivity index is 2.70. The van der Waals surface area contributed by atoms with Crippen molar-refractivity contribution in [2.24, 2.45) is 0 Å². The lowest BCUT2D eigenvalue weighted by Gasteiger charge is -2.07. The van der Waals surface area contributed by atoms with Crippen LogP contribution in [0.3, 0.4) is 0 Å². The van der Waals surface area contributed by atoms with E-state index < -0.39 is 6.10 Å². The Morgan fingerprint density at radius 3 is 2.64 bits per heavy atom. The summed E-state index contributed by atoms with van der Waals surface area (Å²) in [7, 11) is 1.47. The number of ether oxygens (including phenoxy) is 1. The van der Waals surface area contributed by atoms with Gasteiger partial charge in [-0.2, -0.15) is 0 Å². The molecule has 1 amide bonds. The molecule has 0 saturated heterocycles. The predicted molar refractivity (Wildman–Crippen MR) is 51.1 cm³/mol. The van der Waals surface area contributed by atoms with Gasteiger partial charge in [0.15, 0.2) is 0 Å². The summed E-state index contributed by atoms with van der Waals surface area (Å²) in [6.07, 6.45) is -0.500. The van der Waals surface area contributed by atoms with E-state index in [0.717, 1.165) is 11.3 Å². The van der Waals surface area contributed by atoms with E-state index in [1.165, 1.54) is 7.11 Å². The van der Waals surface area contributed by atoms with Crippen molar-refractivity contribution < 1.29 is 14.1 Å². The number of aromatic nitrogens is 1. The Labute approximate surface area is 82.4 Å². The van der Waals surface area contributed by atoms with Crippen molar-refractivity contribution in [3.63, 3.8) is 0 Å². The number of carbonyl (C=O) groups is 1. The van der Waals surface area contributed by atoms with Crippen molar-refractivity contribution in [1.82, 2.24) is 5.16 Å². The molecule has 0 spiro atoms. The molecule has 1 heterocycles. The van der Waals surface area contributed by atoms with Crippen LogP contribution in [-0.4, -0.2) is 24.3 Å². The monoisotopic (exact) mass is 198 g/mol. The summed E-state index contributed by atoms with van der Waals surface area (Å²) in [4.78, 5) is 11.4. The van der Waals surface area contributed by atoms with Crippen molar-refractivity contribution in [3.8, 4) is 0 Å². The fraction of sp³-hybridized carbons (Fsp3) is 0.556. The fourth-order valence-electron chi connectivity index (χ4n) is 0.852. The molecule has 78 valence electrons. The van der Waals surface area contributed by atoms with Gasteiger partial charge in [0.1, 0.15) is 6.10 Å². The number of carbonyl (C=O) groups excluding carboxylic acids is 1. The molecule has 5 nitrogen and oxygen atoms in total. The van der Waals surface area contributed by atoms with Crippen LogP contribution in [0.1, 0.15) is 18.2 Å². The SMILES string of the molecule is COC(C)C(=O)Nc1onc(C)c1C. The lowest BCUT2D eigenvalue weighted by Crippen LogP contribution is -2.26. The average molecular weight is 198 g/mol. The Hall–Kier alpha value is -1.36. The zero-order valence-electron chi connectivity index (χ0n) is 8.75. The van der Waals surface area contributed by atoms with Crippen LogP contribution >= 0.6 is 0 Å². The molecular weight excluding hydrogens is 184 g/mol. The maximum Gasteiger partial charge on any atom is 0.255 e. The minimum atomic E-state index is -0.500. The van der Waals surface area contributed by atoms with Gasteiger partial charge in [-0.1, -0.05) is 5.16 Å². The smallest absolute Gasteiger partial charge is 0.255 e. The maximum absolute atomic E-state index is 11.4. The molecule has 5 heteroatoms. The van der Waals surface area contributed by atoms with Gasteiger partial charge in [-0.05, 0) is 20.8 Å². The molecule has 0 fully saturated rings. The van der Waals surface area contributed by atoms with E-state index in [1.807, 2.05) is 13.8 Å². The van der Waals surface area contributed by atoms with E-state index in [0.29, 0.717) is 5.88 Å². The van der Waals surface area contributed by atoms with Gasteiger partial charge in [0.25, 0.3) is 5.91 Å². The second kappa shape index (κ2) is 4.23. The molecule has 0 saturated carbocycles. The third-order valence-corrected chi connectivity index (χ3v) is 2.12. The van der Waals surface area contributed by atoms with Gasteiger partial charge in [-0.25, -0.2) is 0 Å². The van der Waals surface area contributed by atoms with Crippen LogP contribution in [0.4, 0.5) is 5.88 Å². The Morgan fingerprint density at radius 1 is 1.57 bits per heavy atom. The number of anilines is 1. The molecular formula is C9H14N2O3. The van der Waals surface area contributed by atoms with Crippen molar-refractivity contribution >= 4 is 11.8 Å². The fourth-order valence-corrected chi connectivity index (χ4v) is 0.852. The summed E-state index contributed by atoms with van der Waals surface area (Å²) in [5.41, 5.74) is 1.60. The van der Waals surface area contributed by atoms with Crippen LogP contribution in [0, 0.1) is 13.8 Å². The zero-order valence-corrected chi connectivity index (χ0v) is 8.75. The first-order valence-corrected chi connectivity index (χ1v) is 4.32. The van der Waals surface area contributed by atoms with Crippen molar-refractivity contribution in [3.05, 3.63) is 11.3 Å². The molecule has 0 aliphatic carbocycles. The minimum Gasteiger partial charge on any atom is -0.372 e. The van der Waals surface area contributed by atoms with Crippen LogP contribution in [0.5, 0.6) is 0 Å². The molecule has 0 aliphatic rings. The van der Waals surface area contributed by atoms with E-state index in [2.05, 4.69) is 10.5 Å². The first-order valence-electron chi connectivity index (χ1n) is 4.32. The molecule has 1 unspecified atom stereocenters. The number of hydrogen-bond acceptors (Lipinski definition) is 4. The molecule has 0 bridgehead atoms. The Morgan fingerprint density at radius 2 is 2.21 bits per heavy atom. The largest absolute Gasteiger partial charge is 0.372 e. The zero-order chi connectivity index (χ0) is 10.7. The van der Waals surface area contributed by atoms with E-state index in [4.69, 9.17) is 9.26 Å². The first kappa shape index (κ1) is 10.7.